The van der Waals surface area contributed by atoms with Crippen LogP contribution in [0.2, 0.25) is 0 Å². The third kappa shape index (κ3) is 0.909. The van der Waals surface area contributed by atoms with Gasteiger partial charge in [-0.3, -0.25) is 0 Å². The molecule has 1 N–H and O–H groups in total. The van der Waals surface area contributed by atoms with Gasteiger partial charge in [-0.25, -0.2) is 0 Å². The molecule has 0 unspecified atom stereocenters. The SMILES string of the molecule is C[C@H]1[C@@H]2CC[C@H]3OC[C@@H]([C@@H]2CO)[C@@H]13. The molecule has 2 bridgehead atoms. The molecule has 1 saturated heterocycles. The van der Waals surface area contributed by atoms with Crippen LogP contribution in [-0.2, 0) is 4.74 Å². The molecule has 3 rings (SSSR count). The number of aliphatic hydroxyl groups is 1. The first kappa shape index (κ1) is 8.25. The molecule has 2 heteroatoms. The number of ether oxygens (including phenoxy) is 1. The molecule has 1 heterocycles. The highest BCUT2D eigenvalue weighted by Gasteiger charge is 2.57. The molecular weight excluding hydrogens is 164 g/mol. The van der Waals surface area contributed by atoms with E-state index in [0.29, 0.717) is 24.5 Å². The molecule has 0 radical (unpaired) electrons. The van der Waals surface area contributed by atoms with Crippen molar-refractivity contribution in [3.63, 3.8) is 0 Å². The fourth-order valence-corrected chi connectivity index (χ4v) is 4.24. The summed E-state index contributed by atoms with van der Waals surface area (Å²) in [6.07, 6.45) is 3.06. The monoisotopic (exact) mass is 182 g/mol. The van der Waals surface area contributed by atoms with Gasteiger partial charge in [-0.05, 0) is 42.4 Å². The first-order valence-corrected chi connectivity index (χ1v) is 5.55. The molecular formula is C11H18O2. The van der Waals surface area contributed by atoms with Crippen LogP contribution in [0.4, 0.5) is 0 Å². The number of fused-ring (bicyclic) bond motifs is 1. The van der Waals surface area contributed by atoms with E-state index < -0.39 is 0 Å². The van der Waals surface area contributed by atoms with Gasteiger partial charge in [0.05, 0.1) is 12.7 Å². The van der Waals surface area contributed by atoms with Gasteiger partial charge in [0.25, 0.3) is 0 Å². The molecule has 0 spiro atoms. The van der Waals surface area contributed by atoms with Crippen LogP contribution in [0.1, 0.15) is 19.8 Å². The van der Waals surface area contributed by atoms with Crippen molar-refractivity contribution in [1.82, 2.24) is 0 Å². The number of hydrogen-bond donors (Lipinski definition) is 1. The van der Waals surface area contributed by atoms with E-state index in [0.717, 1.165) is 24.4 Å². The number of hydrogen-bond acceptors (Lipinski definition) is 2. The minimum Gasteiger partial charge on any atom is -0.396 e. The predicted octanol–water partition coefficient (Wildman–Crippen LogP) is 1.29. The summed E-state index contributed by atoms with van der Waals surface area (Å²) in [5.41, 5.74) is 0. The Bertz CT molecular complexity index is 216. The molecule has 2 saturated carbocycles. The molecule has 1 aliphatic heterocycles. The second-order valence-electron chi connectivity index (χ2n) is 5.06. The normalized spacial score (nSPS) is 58.6. The van der Waals surface area contributed by atoms with Gasteiger partial charge in [0.1, 0.15) is 0 Å². The van der Waals surface area contributed by atoms with Gasteiger partial charge in [0.15, 0.2) is 0 Å². The Morgan fingerprint density at radius 2 is 2.15 bits per heavy atom. The number of aliphatic hydroxyl groups excluding tert-OH is 1. The van der Waals surface area contributed by atoms with Crippen molar-refractivity contribution in [3.05, 3.63) is 0 Å². The van der Waals surface area contributed by atoms with Gasteiger partial charge in [0.2, 0.25) is 0 Å². The summed E-state index contributed by atoms with van der Waals surface area (Å²) in [5, 5.41) is 9.40. The summed E-state index contributed by atoms with van der Waals surface area (Å²) in [4.78, 5) is 0. The van der Waals surface area contributed by atoms with Crippen LogP contribution >= 0.6 is 0 Å². The van der Waals surface area contributed by atoms with Crippen LogP contribution in [0.5, 0.6) is 0 Å². The summed E-state index contributed by atoms with van der Waals surface area (Å²) in [6.45, 7) is 3.66. The lowest BCUT2D eigenvalue weighted by Gasteiger charge is -2.32. The van der Waals surface area contributed by atoms with E-state index in [9.17, 15) is 5.11 Å². The smallest absolute Gasteiger partial charge is 0.0609 e. The van der Waals surface area contributed by atoms with Crippen molar-refractivity contribution in [1.29, 1.82) is 0 Å². The van der Waals surface area contributed by atoms with Crippen molar-refractivity contribution in [2.24, 2.45) is 29.6 Å². The highest BCUT2D eigenvalue weighted by atomic mass is 16.5. The second-order valence-corrected chi connectivity index (χ2v) is 5.06. The standard InChI is InChI=1S/C11H18O2/c1-6-7-2-3-10-11(6)9(5-13-10)8(7)4-12/h6-12H,2-5H2,1H3/t6-,7-,8+,9-,10+,11+/m0/s1. The highest BCUT2D eigenvalue weighted by molar-refractivity contribution is 5.04. The van der Waals surface area contributed by atoms with Gasteiger partial charge < -0.3 is 9.84 Å². The molecule has 2 aliphatic carbocycles. The summed E-state index contributed by atoms with van der Waals surface area (Å²) in [6, 6.07) is 0. The average Bonchev–Trinajstić information content (AvgIpc) is 2.56. The first-order chi connectivity index (χ1) is 6.33. The van der Waals surface area contributed by atoms with Crippen LogP contribution in [0.15, 0.2) is 0 Å². The van der Waals surface area contributed by atoms with Crippen molar-refractivity contribution in [2.75, 3.05) is 13.2 Å². The molecule has 2 nitrogen and oxygen atoms in total. The Kier molecular flexibility index (Phi) is 1.72. The maximum atomic E-state index is 9.40. The summed E-state index contributed by atoms with van der Waals surface area (Å²) in [7, 11) is 0. The van der Waals surface area contributed by atoms with Crippen LogP contribution in [0.3, 0.4) is 0 Å². The topological polar surface area (TPSA) is 29.5 Å². The van der Waals surface area contributed by atoms with E-state index in [-0.39, 0.29) is 0 Å². The summed E-state index contributed by atoms with van der Waals surface area (Å²) in [5.74, 6) is 3.59. The van der Waals surface area contributed by atoms with E-state index >= 15 is 0 Å². The first-order valence-electron chi connectivity index (χ1n) is 5.55. The van der Waals surface area contributed by atoms with E-state index in [1.807, 2.05) is 0 Å². The third-order valence-corrected chi connectivity index (χ3v) is 4.80. The maximum absolute atomic E-state index is 9.40. The molecule has 74 valence electrons. The van der Waals surface area contributed by atoms with Crippen molar-refractivity contribution in [2.45, 2.75) is 25.9 Å². The van der Waals surface area contributed by atoms with E-state index in [2.05, 4.69) is 6.92 Å². The third-order valence-electron chi connectivity index (χ3n) is 4.80. The largest absolute Gasteiger partial charge is 0.396 e. The molecule has 6 atom stereocenters. The van der Waals surface area contributed by atoms with Crippen LogP contribution in [-0.4, -0.2) is 24.4 Å². The Hall–Kier alpha value is -0.0800. The fraction of sp³-hybridized carbons (Fsp3) is 1.00. The lowest BCUT2D eigenvalue weighted by molar-refractivity contribution is 0.0114. The lowest BCUT2D eigenvalue weighted by atomic mass is 9.77. The van der Waals surface area contributed by atoms with Crippen LogP contribution in [0.25, 0.3) is 0 Å². The van der Waals surface area contributed by atoms with E-state index in [1.54, 1.807) is 0 Å². The highest BCUT2D eigenvalue weighted by Crippen LogP contribution is 2.57. The molecule has 13 heavy (non-hydrogen) atoms. The summed E-state index contributed by atoms with van der Waals surface area (Å²) < 4.78 is 5.80. The maximum Gasteiger partial charge on any atom is 0.0609 e. The minimum atomic E-state index is 0.381. The fourth-order valence-electron chi connectivity index (χ4n) is 4.24. The molecule has 0 aromatic carbocycles. The quantitative estimate of drug-likeness (QED) is 0.662. The van der Waals surface area contributed by atoms with E-state index in [4.69, 9.17) is 4.74 Å². The van der Waals surface area contributed by atoms with Gasteiger partial charge in [-0.1, -0.05) is 6.92 Å². The molecule has 0 aromatic heterocycles. The lowest BCUT2D eigenvalue weighted by Crippen LogP contribution is -2.30. The Morgan fingerprint density at radius 1 is 1.31 bits per heavy atom. The van der Waals surface area contributed by atoms with Gasteiger partial charge in [0, 0.05) is 6.61 Å². The van der Waals surface area contributed by atoms with Crippen molar-refractivity contribution in [3.8, 4) is 0 Å². The zero-order valence-corrected chi connectivity index (χ0v) is 8.15. The zero-order valence-electron chi connectivity index (χ0n) is 8.15. The molecule has 3 fully saturated rings. The van der Waals surface area contributed by atoms with Crippen molar-refractivity contribution >= 4 is 0 Å². The predicted molar refractivity (Wildman–Crippen MR) is 49.2 cm³/mol. The van der Waals surface area contributed by atoms with Crippen molar-refractivity contribution < 1.29 is 9.84 Å². The minimum absolute atomic E-state index is 0.381. The zero-order chi connectivity index (χ0) is 9.00. The number of rotatable bonds is 1. The van der Waals surface area contributed by atoms with Gasteiger partial charge >= 0.3 is 0 Å². The Morgan fingerprint density at radius 3 is 2.92 bits per heavy atom. The Labute approximate surface area is 79.3 Å². The second kappa shape index (κ2) is 2.71. The van der Waals surface area contributed by atoms with Crippen LogP contribution < -0.4 is 0 Å². The van der Waals surface area contributed by atoms with Gasteiger partial charge in [-0.2, -0.15) is 0 Å². The van der Waals surface area contributed by atoms with Crippen LogP contribution in [0, 0.1) is 29.6 Å². The molecule has 3 aliphatic rings. The molecule has 0 aromatic rings. The Balaban J connectivity index is 1.95. The van der Waals surface area contributed by atoms with E-state index in [1.165, 1.54) is 12.8 Å². The summed E-state index contributed by atoms with van der Waals surface area (Å²) >= 11 is 0. The average molecular weight is 182 g/mol. The van der Waals surface area contributed by atoms with Gasteiger partial charge in [-0.15, -0.1) is 0 Å². The molecule has 0 amide bonds.